The predicted molar refractivity (Wildman–Crippen MR) is 93.6 cm³/mol. The van der Waals surface area contributed by atoms with Gasteiger partial charge in [-0.05, 0) is 57.2 Å². The van der Waals surface area contributed by atoms with Crippen LogP contribution in [0.25, 0.3) is 6.08 Å². The minimum absolute atomic E-state index is 0.310. The Morgan fingerprint density at radius 1 is 1.14 bits per heavy atom. The Morgan fingerprint density at radius 3 is 2.14 bits per heavy atom. The van der Waals surface area contributed by atoms with E-state index in [0.29, 0.717) is 0 Å². The summed E-state index contributed by atoms with van der Waals surface area (Å²) in [6.45, 7) is 10.4. The van der Waals surface area contributed by atoms with Gasteiger partial charge in [0.05, 0.1) is 11.2 Å². The summed E-state index contributed by atoms with van der Waals surface area (Å²) < 4.78 is 12.3. The van der Waals surface area contributed by atoms with Gasteiger partial charge in [0.2, 0.25) is 0 Å². The monoisotopic (exact) mass is 324 g/mol. The maximum absolute atomic E-state index is 6.14. The predicted octanol–water partition coefficient (Wildman–Crippen LogP) is 5.07. The molecular formula is C16H22BClO2S. The van der Waals surface area contributed by atoms with Crippen LogP contribution in [0, 0.1) is 0 Å². The third kappa shape index (κ3) is 3.86. The number of halogens is 1. The lowest BCUT2D eigenvalue weighted by Gasteiger charge is -2.32. The molecule has 1 fully saturated rings. The molecule has 1 aromatic rings. The first kappa shape index (κ1) is 16.9. The molecule has 0 saturated carbocycles. The summed E-state index contributed by atoms with van der Waals surface area (Å²) in [6.07, 6.45) is 2.12. The van der Waals surface area contributed by atoms with E-state index in [2.05, 4.69) is 40.7 Å². The molecule has 0 unspecified atom stereocenters. The molecule has 2 rings (SSSR count). The van der Waals surface area contributed by atoms with Crippen LogP contribution in [0.3, 0.4) is 0 Å². The highest BCUT2D eigenvalue weighted by atomic mass is 35.5. The van der Waals surface area contributed by atoms with Crippen LogP contribution in [0.4, 0.5) is 0 Å². The minimum Gasteiger partial charge on any atom is -0.399 e. The summed E-state index contributed by atoms with van der Waals surface area (Å²) in [5, 5.41) is 0.743. The topological polar surface area (TPSA) is 18.5 Å². The lowest BCUT2D eigenvalue weighted by atomic mass is 9.88. The molecule has 1 saturated heterocycles. The molecule has 0 aliphatic carbocycles. The number of hydrogen-bond acceptors (Lipinski definition) is 3. The fourth-order valence-corrected chi connectivity index (χ4v) is 2.94. The Balaban J connectivity index is 2.26. The van der Waals surface area contributed by atoms with Crippen molar-refractivity contribution in [2.75, 3.05) is 5.75 Å². The fraction of sp³-hybridized carbons (Fsp3) is 0.500. The SMILES string of the molecule is CCS/C(=C/c1ccc(Cl)cc1)B1OC(C)(C)C(C)(C)O1. The largest absolute Gasteiger partial charge is 0.501 e. The molecule has 0 N–H and O–H groups in total. The van der Waals surface area contributed by atoms with Crippen molar-refractivity contribution in [3.8, 4) is 0 Å². The van der Waals surface area contributed by atoms with Crippen molar-refractivity contribution >= 4 is 36.6 Å². The Morgan fingerprint density at radius 2 is 1.67 bits per heavy atom. The summed E-state index contributed by atoms with van der Waals surface area (Å²) in [6, 6.07) is 7.80. The molecule has 0 amide bonds. The maximum atomic E-state index is 6.14. The average molecular weight is 325 g/mol. The second-order valence-corrected chi connectivity index (χ2v) is 7.89. The molecule has 1 aliphatic rings. The summed E-state index contributed by atoms with van der Waals surface area (Å²) in [7, 11) is -0.310. The second-order valence-electron chi connectivity index (χ2n) is 6.12. The van der Waals surface area contributed by atoms with Crippen LogP contribution in [0.1, 0.15) is 40.2 Å². The van der Waals surface area contributed by atoms with Crippen molar-refractivity contribution in [3.63, 3.8) is 0 Å². The Kier molecular flexibility index (Phi) is 5.14. The molecular weight excluding hydrogens is 303 g/mol. The number of thioether (sulfide) groups is 1. The summed E-state index contributed by atoms with van der Waals surface area (Å²) in [5.41, 5.74) is 0.473. The summed E-state index contributed by atoms with van der Waals surface area (Å²) >= 11 is 7.69. The van der Waals surface area contributed by atoms with E-state index in [-0.39, 0.29) is 18.3 Å². The molecule has 114 valence electrons. The van der Waals surface area contributed by atoms with Gasteiger partial charge in [0.25, 0.3) is 0 Å². The van der Waals surface area contributed by atoms with Crippen LogP contribution >= 0.6 is 23.4 Å². The van der Waals surface area contributed by atoms with Gasteiger partial charge in [-0.2, -0.15) is 0 Å². The lowest BCUT2D eigenvalue weighted by Crippen LogP contribution is -2.41. The molecule has 0 aromatic heterocycles. The highest BCUT2D eigenvalue weighted by Gasteiger charge is 2.52. The van der Waals surface area contributed by atoms with Gasteiger partial charge in [0, 0.05) is 9.83 Å². The zero-order valence-electron chi connectivity index (χ0n) is 13.3. The van der Waals surface area contributed by atoms with Crippen LogP contribution < -0.4 is 0 Å². The van der Waals surface area contributed by atoms with Crippen molar-refractivity contribution in [3.05, 3.63) is 39.7 Å². The van der Waals surface area contributed by atoms with Gasteiger partial charge >= 0.3 is 7.12 Å². The van der Waals surface area contributed by atoms with E-state index < -0.39 is 0 Å². The Hall–Kier alpha value is -0.415. The first-order chi connectivity index (χ1) is 9.75. The standard InChI is InChI=1S/C16H22BClO2S/c1-6-21-14(11-12-7-9-13(18)10-8-12)17-19-15(2,3)16(4,5)20-17/h7-11H,6H2,1-5H3/b14-11+. The van der Waals surface area contributed by atoms with Crippen LogP contribution in [0.15, 0.2) is 29.1 Å². The molecule has 1 aliphatic heterocycles. The van der Waals surface area contributed by atoms with Gasteiger partial charge in [-0.1, -0.05) is 30.7 Å². The van der Waals surface area contributed by atoms with Gasteiger partial charge in [-0.3, -0.25) is 0 Å². The number of benzene rings is 1. The molecule has 2 nitrogen and oxygen atoms in total. The summed E-state index contributed by atoms with van der Waals surface area (Å²) in [5.74, 6) is 0.976. The Labute approximate surface area is 137 Å². The van der Waals surface area contributed by atoms with E-state index >= 15 is 0 Å². The van der Waals surface area contributed by atoms with E-state index in [4.69, 9.17) is 20.9 Å². The van der Waals surface area contributed by atoms with Gasteiger partial charge < -0.3 is 9.31 Å². The first-order valence-corrected chi connectivity index (χ1v) is 8.57. The molecule has 5 heteroatoms. The third-order valence-corrected chi connectivity index (χ3v) is 5.16. The Bertz CT molecular complexity index is 510. The molecule has 0 radical (unpaired) electrons. The molecule has 0 atom stereocenters. The van der Waals surface area contributed by atoms with Crippen LogP contribution in [-0.4, -0.2) is 24.1 Å². The molecule has 21 heavy (non-hydrogen) atoms. The molecule has 0 spiro atoms. The second kappa shape index (κ2) is 6.37. The van der Waals surface area contributed by atoms with Crippen LogP contribution in [0.5, 0.6) is 0 Å². The van der Waals surface area contributed by atoms with Crippen molar-refractivity contribution in [1.29, 1.82) is 0 Å². The van der Waals surface area contributed by atoms with Gasteiger partial charge in [0.15, 0.2) is 0 Å². The van der Waals surface area contributed by atoms with Gasteiger partial charge in [-0.15, -0.1) is 11.8 Å². The fourth-order valence-electron chi connectivity index (χ4n) is 2.03. The average Bonchev–Trinajstić information content (AvgIpc) is 2.60. The first-order valence-electron chi connectivity index (χ1n) is 7.21. The number of hydrogen-bond donors (Lipinski definition) is 0. The van der Waals surface area contributed by atoms with Crippen molar-refractivity contribution in [2.45, 2.75) is 45.8 Å². The zero-order valence-corrected chi connectivity index (χ0v) is 14.8. The van der Waals surface area contributed by atoms with Gasteiger partial charge in [0.1, 0.15) is 0 Å². The minimum atomic E-state index is -0.314. The highest BCUT2D eigenvalue weighted by molar-refractivity contribution is 8.04. The molecule has 1 heterocycles. The smallest absolute Gasteiger partial charge is 0.399 e. The van der Waals surface area contributed by atoms with E-state index in [9.17, 15) is 0 Å². The quantitative estimate of drug-likeness (QED) is 0.721. The van der Waals surface area contributed by atoms with Crippen molar-refractivity contribution < 1.29 is 9.31 Å². The van der Waals surface area contributed by atoms with Gasteiger partial charge in [-0.25, -0.2) is 0 Å². The lowest BCUT2D eigenvalue weighted by molar-refractivity contribution is 0.00578. The third-order valence-electron chi connectivity index (χ3n) is 3.98. The van der Waals surface area contributed by atoms with E-state index in [0.717, 1.165) is 21.1 Å². The van der Waals surface area contributed by atoms with E-state index in [1.54, 1.807) is 11.8 Å². The van der Waals surface area contributed by atoms with Crippen LogP contribution in [0.2, 0.25) is 5.02 Å². The normalized spacial score (nSPS) is 20.9. The number of rotatable bonds is 4. The zero-order chi connectivity index (χ0) is 15.7. The van der Waals surface area contributed by atoms with Crippen molar-refractivity contribution in [1.82, 2.24) is 0 Å². The summed E-state index contributed by atoms with van der Waals surface area (Å²) in [4.78, 5) is 1.10. The maximum Gasteiger partial charge on any atom is 0.501 e. The van der Waals surface area contributed by atoms with E-state index in [1.807, 2.05) is 24.3 Å². The van der Waals surface area contributed by atoms with Crippen molar-refractivity contribution in [2.24, 2.45) is 0 Å². The molecule has 1 aromatic carbocycles. The highest BCUT2D eigenvalue weighted by Crippen LogP contribution is 2.41. The van der Waals surface area contributed by atoms with Crippen LogP contribution in [-0.2, 0) is 9.31 Å². The van der Waals surface area contributed by atoms with E-state index in [1.165, 1.54) is 0 Å². The molecule has 0 bridgehead atoms.